The normalized spacial score (nSPS) is 19.7. The van der Waals surface area contributed by atoms with E-state index in [1.807, 2.05) is 54.7 Å². The van der Waals surface area contributed by atoms with E-state index in [2.05, 4.69) is 32.9 Å². The summed E-state index contributed by atoms with van der Waals surface area (Å²) in [5.74, 6) is 1.87. The van der Waals surface area contributed by atoms with E-state index >= 15 is 0 Å². The van der Waals surface area contributed by atoms with E-state index in [0.29, 0.717) is 41.0 Å². The molecule has 2 aliphatic rings. The first-order chi connectivity index (χ1) is 14.2. The number of benzene rings is 2. The van der Waals surface area contributed by atoms with Gasteiger partial charge in [0.1, 0.15) is 17.6 Å². The number of ketones is 1. The van der Waals surface area contributed by atoms with Crippen LogP contribution in [0.3, 0.4) is 0 Å². The fourth-order valence-electron chi connectivity index (χ4n) is 3.35. The fraction of sp³-hybridized carbons (Fsp3) is 0.217. The van der Waals surface area contributed by atoms with E-state index < -0.39 is 6.10 Å². The van der Waals surface area contributed by atoms with Gasteiger partial charge >= 0.3 is 0 Å². The molecule has 5 nitrogen and oxygen atoms in total. The number of Topliss-reactive ketones (excluding diaryl/α,β-unsaturated/α-hetero) is 1. The second kappa shape index (κ2) is 7.67. The Morgan fingerprint density at radius 2 is 1.93 bits per heavy atom. The van der Waals surface area contributed by atoms with Gasteiger partial charge in [0.2, 0.25) is 5.89 Å². The van der Waals surface area contributed by atoms with E-state index in [-0.39, 0.29) is 5.78 Å². The van der Waals surface area contributed by atoms with Crippen molar-refractivity contribution in [2.45, 2.75) is 31.4 Å². The maximum Gasteiger partial charge on any atom is 0.226 e. The first-order valence-corrected chi connectivity index (χ1v) is 10.7. The van der Waals surface area contributed by atoms with Gasteiger partial charge in [-0.2, -0.15) is 0 Å². The van der Waals surface area contributed by atoms with Gasteiger partial charge in [0.25, 0.3) is 0 Å². The van der Waals surface area contributed by atoms with Crippen molar-refractivity contribution in [2.24, 2.45) is 0 Å². The molecule has 1 fully saturated rings. The number of halogens is 1. The molecule has 146 valence electrons. The molecule has 0 bridgehead atoms. The van der Waals surface area contributed by atoms with E-state index in [1.165, 1.54) is 0 Å². The van der Waals surface area contributed by atoms with Crippen LogP contribution in [-0.2, 0) is 6.42 Å². The maximum atomic E-state index is 13.1. The summed E-state index contributed by atoms with van der Waals surface area (Å²) in [6.07, 6.45) is 5.85. The third-order valence-corrected chi connectivity index (χ3v) is 5.81. The van der Waals surface area contributed by atoms with Crippen molar-refractivity contribution in [2.75, 3.05) is 0 Å². The molecule has 0 spiro atoms. The molecular weight excluding hydrogens is 479 g/mol. The molecule has 1 aromatic heterocycles. The number of rotatable bonds is 5. The number of carbonyl (C=O) groups excluding carboxylic acids is 1. The Kier molecular flexibility index (Phi) is 4.87. The average Bonchev–Trinajstić information content (AvgIpc) is 3.45. The number of para-hydroxylation sites is 1. The van der Waals surface area contributed by atoms with Crippen LogP contribution in [0.4, 0.5) is 0 Å². The number of hydrogen-bond acceptors (Lipinski definition) is 5. The molecule has 1 N–H and O–H groups in total. The minimum atomic E-state index is -0.416. The van der Waals surface area contributed by atoms with Gasteiger partial charge in [-0.25, -0.2) is 4.98 Å². The maximum absolute atomic E-state index is 13.1. The SMILES string of the molecule is O=C1/C(=C\NC2CC2)C(Cc2cnc(-c3ccc(I)cc3)o2)Oc2ccccc21. The van der Waals surface area contributed by atoms with Gasteiger partial charge < -0.3 is 14.5 Å². The standard InChI is InChI=1S/C23H19IN2O3/c24-15-7-5-14(6-8-15)23-26-12-17(28-23)11-21-19(13-25-16-9-10-16)22(27)18-3-1-2-4-20(18)29-21/h1-8,12-13,16,21,25H,9-11H2/b19-13-. The quantitative estimate of drug-likeness (QED) is 0.406. The lowest BCUT2D eigenvalue weighted by molar-refractivity contribution is 0.0957. The van der Waals surface area contributed by atoms with E-state index in [4.69, 9.17) is 9.15 Å². The number of nitrogens with zero attached hydrogens (tertiary/aromatic N) is 1. The molecule has 29 heavy (non-hydrogen) atoms. The first-order valence-electron chi connectivity index (χ1n) is 9.64. The third-order valence-electron chi connectivity index (χ3n) is 5.09. The van der Waals surface area contributed by atoms with Crippen LogP contribution in [0, 0.1) is 3.57 Å². The molecule has 3 aromatic rings. The number of aromatic nitrogens is 1. The third kappa shape index (κ3) is 3.94. The molecule has 1 unspecified atom stereocenters. The van der Waals surface area contributed by atoms with Gasteiger partial charge in [-0.1, -0.05) is 12.1 Å². The molecule has 2 aromatic carbocycles. The topological polar surface area (TPSA) is 64.4 Å². The highest BCUT2D eigenvalue weighted by molar-refractivity contribution is 14.1. The van der Waals surface area contributed by atoms with Crippen LogP contribution in [0.5, 0.6) is 5.75 Å². The molecule has 1 saturated carbocycles. The molecular formula is C23H19IN2O3. The summed E-state index contributed by atoms with van der Waals surface area (Å²) in [6.45, 7) is 0. The van der Waals surface area contributed by atoms with Crippen molar-refractivity contribution < 1.29 is 13.9 Å². The number of oxazole rings is 1. The van der Waals surface area contributed by atoms with Gasteiger partial charge in [-0.3, -0.25) is 4.79 Å². The Hall–Kier alpha value is -2.61. The van der Waals surface area contributed by atoms with Crippen LogP contribution in [0.15, 0.2) is 70.9 Å². The lowest BCUT2D eigenvalue weighted by Gasteiger charge is -2.27. The van der Waals surface area contributed by atoms with Crippen LogP contribution < -0.4 is 10.1 Å². The Bertz CT molecular complexity index is 1080. The summed E-state index contributed by atoms with van der Waals surface area (Å²) in [4.78, 5) is 17.5. The summed E-state index contributed by atoms with van der Waals surface area (Å²) in [5, 5.41) is 3.33. The molecule has 6 heteroatoms. The highest BCUT2D eigenvalue weighted by atomic mass is 127. The van der Waals surface area contributed by atoms with Crippen molar-refractivity contribution in [1.29, 1.82) is 0 Å². The lowest BCUT2D eigenvalue weighted by atomic mass is 9.93. The summed E-state index contributed by atoms with van der Waals surface area (Å²) in [6, 6.07) is 15.8. The predicted octanol–water partition coefficient (Wildman–Crippen LogP) is 4.77. The smallest absolute Gasteiger partial charge is 0.226 e. The molecule has 1 aliphatic carbocycles. The second-order valence-corrected chi connectivity index (χ2v) is 8.56. The van der Waals surface area contributed by atoms with Gasteiger partial charge in [-0.05, 0) is 71.8 Å². The predicted molar refractivity (Wildman–Crippen MR) is 118 cm³/mol. The summed E-state index contributed by atoms with van der Waals surface area (Å²) in [7, 11) is 0. The lowest BCUT2D eigenvalue weighted by Crippen LogP contribution is -2.33. The molecule has 2 heterocycles. The summed E-state index contributed by atoms with van der Waals surface area (Å²) < 4.78 is 13.3. The van der Waals surface area contributed by atoms with Crippen LogP contribution in [0.1, 0.15) is 29.0 Å². The van der Waals surface area contributed by atoms with E-state index in [0.717, 1.165) is 22.0 Å². The van der Waals surface area contributed by atoms with Crippen LogP contribution in [0.2, 0.25) is 0 Å². The average molecular weight is 498 g/mol. The van der Waals surface area contributed by atoms with Crippen LogP contribution >= 0.6 is 22.6 Å². The Balaban J connectivity index is 1.42. The molecule has 0 radical (unpaired) electrons. The first kappa shape index (κ1) is 18.4. The Morgan fingerprint density at radius 1 is 1.14 bits per heavy atom. The molecule has 1 aliphatic heterocycles. The minimum absolute atomic E-state index is 0.00220. The van der Waals surface area contributed by atoms with E-state index in [9.17, 15) is 4.79 Å². The van der Waals surface area contributed by atoms with Crippen LogP contribution in [-0.4, -0.2) is 22.9 Å². The monoisotopic (exact) mass is 498 g/mol. The highest BCUT2D eigenvalue weighted by Crippen LogP contribution is 2.32. The zero-order chi connectivity index (χ0) is 19.8. The largest absolute Gasteiger partial charge is 0.484 e. The number of hydrogen-bond donors (Lipinski definition) is 1. The van der Waals surface area contributed by atoms with E-state index in [1.54, 1.807) is 6.20 Å². The number of ether oxygens (including phenoxy) is 1. The Morgan fingerprint density at radius 3 is 2.72 bits per heavy atom. The molecule has 1 atom stereocenters. The number of nitrogens with one attached hydrogen (secondary N) is 1. The van der Waals surface area contributed by atoms with Gasteiger partial charge in [-0.15, -0.1) is 0 Å². The Labute approximate surface area is 182 Å². The van der Waals surface area contributed by atoms with Crippen LogP contribution in [0.25, 0.3) is 11.5 Å². The van der Waals surface area contributed by atoms with Crippen molar-refractivity contribution in [3.05, 3.63) is 81.4 Å². The molecule has 0 amide bonds. The molecule has 0 saturated heterocycles. The van der Waals surface area contributed by atoms with Crippen molar-refractivity contribution >= 4 is 28.4 Å². The fourth-order valence-corrected chi connectivity index (χ4v) is 3.71. The summed E-state index contributed by atoms with van der Waals surface area (Å²) >= 11 is 2.27. The number of carbonyl (C=O) groups is 1. The minimum Gasteiger partial charge on any atom is -0.484 e. The summed E-state index contributed by atoms with van der Waals surface area (Å²) in [5.41, 5.74) is 2.15. The van der Waals surface area contributed by atoms with Crippen molar-refractivity contribution in [1.82, 2.24) is 10.3 Å². The number of fused-ring (bicyclic) bond motifs is 1. The highest BCUT2D eigenvalue weighted by Gasteiger charge is 2.33. The van der Waals surface area contributed by atoms with Gasteiger partial charge in [0.05, 0.1) is 17.3 Å². The second-order valence-electron chi connectivity index (χ2n) is 7.32. The van der Waals surface area contributed by atoms with Gasteiger partial charge in [0, 0.05) is 27.8 Å². The zero-order valence-corrected chi connectivity index (χ0v) is 17.8. The zero-order valence-electron chi connectivity index (χ0n) is 15.6. The molecule has 5 rings (SSSR count). The van der Waals surface area contributed by atoms with Gasteiger partial charge in [0.15, 0.2) is 5.78 Å². The van der Waals surface area contributed by atoms with Crippen molar-refractivity contribution in [3.8, 4) is 17.2 Å². The van der Waals surface area contributed by atoms with Crippen molar-refractivity contribution in [3.63, 3.8) is 0 Å².